The highest BCUT2D eigenvalue weighted by atomic mass is 19.1. The van der Waals surface area contributed by atoms with Gasteiger partial charge in [-0.1, -0.05) is 12.1 Å². The third kappa shape index (κ3) is 2.83. The number of nitrogens with zero attached hydrogens (tertiary/aromatic N) is 1. The normalized spacial score (nSPS) is 10.8. The number of hydrogen-bond acceptors (Lipinski definition) is 3. The number of nitrogens with two attached hydrogens (primary N) is 1. The van der Waals surface area contributed by atoms with E-state index in [2.05, 4.69) is 10.4 Å². The van der Waals surface area contributed by atoms with Gasteiger partial charge in [-0.25, -0.2) is 19.6 Å². The summed E-state index contributed by atoms with van der Waals surface area (Å²) in [6.45, 7) is 0. The van der Waals surface area contributed by atoms with Crippen molar-refractivity contribution in [3.8, 4) is 0 Å². The minimum Gasteiger partial charge on any atom is -0.308 e. The number of benzene rings is 2. The van der Waals surface area contributed by atoms with Gasteiger partial charge in [-0.3, -0.25) is 0 Å². The lowest BCUT2D eigenvalue weighted by molar-refractivity contribution is 0.627. The van der Waals surface area contributed by atoms with Gasteiger partial charge in [0.2, 0.25) is 0 Å². The summed E-state index contributed by atoms with van der Waals surface area (Å²) in [6, 6.07) is 12.6. The van der Waals surface area contributed by atoms with Crippen LogP contribution in [0.25, 0.3) is 10.9 Å². The Morgan fingerprint density at radius 2 is 1.67 bits per heavy atom. The summed E-state index contributed by atoms with van der Waals surface area (Å²) in [4.78, 5) is 4.32. The molecule has 106 valence electrons. The van der Waals surface area contributed by atoms with Crippen LogP contribution in [0.4, 0.5) is 14.6 Å². The Kier molecular flexibility index (Phi) is 3.50. The van der Waals surface area contributed by atoms with Crippen molar-refractivity contribution in [3.63, 3.8) is 0 Å². The Balaban J connectivity index is 2.04. The van der Waals surface area contributed by atoms with Gasteiger partial charge >= 0.3 is 0 Å². The molecular formula is C16H13F2N3. The van der Waals surface area contributed by atoms with Gasteiger partial charge in [0, 0.05) is 23.4 Å². The van der Waals surface area contributed by atoms with Crippen molar-refractivity contribution in [1.29, 1.82) is 0 Å². The van der Waals surface area contributed by atoms with E-state index >= 15 is 0 Å². The number of halogens is 2. The summed E-state index contributed by atoms with van der Waals surface area (Å²) >= 11 is 0. The molecule has 21 heavy (non-hydrogen) atoms. The second-order valence-corrected chi connectivity index (χ2v) is 4.78. The smallest absolute Gasteiger partial charge is 0.144 e. The van der Waals surface area contributed by atoms with E-state index in [1.165, 1.54) is 24.3 Å². The fourth-order valence-electron chi connectivity index (χ4n) is 2.27. The van der Waals surface area contributed by atoms with E-state index in [1.54, 1.807) is 18.2 Å². The third-order valence-electron chi connectivity index (χ3n) is 3.30. The average Bonchev–Trinajstić information content (AvgIpc) is 2.49. The quantitative estimate of drug-likeness (QED) is 0.573. The first-order chi connectivity index (χ1) is 10.2. The van der Waals surface area contributed by atoms with E-state index in [0.717, 1.165) is 16.5 Å². The summed E-state index contributed by atoms with van der Waals surface area (Å²) in [7, 11) is 0. The Bertz CT molecular complexity index is 785. The van der Waals surface area contributed by atoms with Crippen LogP contribution in [0.15, 0.2) is 48.5 Å². The van der Waals surface area contributed by atoms with Crippen LogP contribution in [0, 0.1) is 11.6 Å². The molecule has 0 spiro atoms. The minimum atomic E-state index is -0.343. The fraction of sp³-hybridized carbons (Fsp3) is 0.0625. The molecule has 3 aromatic rings. The summed E-state index contributed by atoms with van der Waals surface area (Å²) < 4.78 is 26.2. The van der Waals surface area contributed by atoms with E-state index in [1.807, 2.05) is 6.07 Å². The fourth-order valence-corrected chi connectivity index (χ4v) is 2.27. The molecule has 5 heteroatoms. The van der Waals surface area contributed by atoms with Crippen LogP contribution < -0.4 is 11.3 Å². The van der Waals surface area contributed by atoms with E-state index in [-0.39, 0.29) is 11.6 Å². The van der Waals surface area contributed by atoms with Crippen LogP contribution in [0.2, 0.25) is 0 Å². The van der Waals surface area contributed by atoms with Crippen molar-refractivity contribution >= 4 is 16.7 Å². The highest BCUT2D eigenvalue weighted by Crippen LogP contribution is 2.23. The standard InChI is InChI=1S/C16H13F2N3/c17-13-4-1-10(2-5-13)7-12-8-11-3-6-14(18)9-15(11)20-16(12)21-19/h1-6,8-9H,7,19H2,(H,20,21). The number of hydrazine groups is 1. The van der Waals surface area contributed by atoms with Gasteiger partial charge in [-0.05, 0) is 35.9 Å². The van der Waals surface area contributed by atoms with Crippen LogP contribution in [0.1, 0.15) is 11.1 Å². The van der Waals surface area contributed by atoms with Crippen LogP contribution >= 0.6 is 0 Å². The zero-order chi connectivity index (χ0) is 14.8. The molecule has 1 heterocycles. The average molecular weight is 285 g/mol. The van der Waals surface area contributed by atoms with Gasteiger partial charge in [-0.15, -0.1) is 0 Å². The minimum absolute atomic E-state index is 0.275. The van der Waals surface area contributed by atoms with Crippen molar-refractivity contribution in [2.75, 3.05) is 5.43 Å². The molecule has 3 N–H and O–H groups in total. The van der Waals surface area contributed by atoms with E-state index in [9.17, 15) is 8.78 Å². The zero-order valence-electron chi connectivity index (χ0n) is 11.1. The second-order valence-electron chi connectivity index (χ2n) is 4.78. The molecule has 0 atom stereocenters. The van der Waals surface area contributed by atoms with Gasteiger partial charge in [0.15, 0.2) is 0 Å². The highest BCUT2D eigenvalue weighted by Gasteiger charge is 2.08. The number of rotatable bonds is 3. The topological polar surface area (TPSA) is 50.9 Å². The molecule has 0 saturated heterocycles. The highest BCUT2D eigenvalue weighted by molar-refractivity contribution is 5.81. The van der Waals surface area contributed by atoms with Crippen molar-refractivity contribution in [2.45, 2.75) is 6.42 Å². The molecule has 2 aromatic carbocycles. The van der Waals surface area contributed by atoms with Crippen molar-refractivity contribution in [3.05, 3.63) is 71.3 Å². The molecule has 3 nitrogen and oxygen atoms in total. The summed E-state index contributed by atoms with van der Waals surface area (Å²) in [5, 5.41) is 0.826. The maximum Gasteiger partial charge on any atom is 0.144 e. The molecule has 0 unspecified atom stereocenters. The first-order valence-corrected chi connectivity index (χ1v) is 6.46. The molecule has 0 saturated carbocycles. The van der Waals surface area contributed by atoms with Crippen molar-refractivity contribution in [2.24, 2.45) is 5.84 Å². The Hall–Kier alpha value is -2.53. The molecule has 0 aliphatic heterocycles. The molecule has 3 rings (SSSR count). The number of hydrogen-bond donors (Lipinski definition) is 2. The number of fused-ring (bicyclic) bond motifs is 1. The largest absolute Gasteiger partial charge is 0.308 e. The Morgan fingerprint density at radius 1 is 0.952 bits per heavy atom. The molecule has 1 aromatic heterocycles. The first kappa shape index (κ1) is 13.5. The third-order valence-corrected chi connectivity index (χ3v) is 3.30. The molecule has 0 fully saturated rings. The maximum absolute atomic E-state index is 13.2. The lowest BCUT2D eigenvalue weighted by Gasteiger charge is -2.10. The van der Waals surface area contributed by atoms with Crippen LogP contribution in [-0.4, -0.2) is 4.98 Å². The summed E-state index contributed by atoms with van der Waals surface area (Å²) in [6.07, 6.45) is 0.556. The Morgan fingerprint density at radius 3 is 2.38 bits per heavy atom. The van der Waals surface area contributed by atoms with Crippen molar-refractivity contribution < 1.29 is 8.78 Å². The van der Waals surface area contributed by atoms with Gasteiger partial charge in [0.25, 0.3) is 0 Å². The number of nitrogen functional groups attached to an aromatic ring is 1. The SMILES string of the molecule is NNc1nc2cc(F)ccc2cc1Cc1ccc(F)cc1. The molecular weight excluding hydrogens is 272 g/mol. The van der Waals surface area contributed by atoms with Gasteiger partial charge < -0.3 is 5.43 Å². The number of nitrogens with one attached hydrogen (secondary N) is 1. The van der Waals surface area contributed by atoms with Gasteiger partial charge in [0.1, 0.15) is 17.5 Å². The Labute approximate surface area is 120 Å². The number of anilines is 1. The lowest BCUT2D eigenvalue weighted by atomic mass is 10.0. The molecule has 0 bridgehead atoms. The van der Waals surface area contributed by atoms with Gasteiger partial charge in [0.05, 0.1) is 5.52 Å². The van der Waals surface area contributed by atoms with Crippen LogP contribution in [-0.2, 0) is 6.42 Å². The number of pyridine rings is 1. The lowest BCUT2D eigenvalue weighted by Crippen LogP contribution is -2.11. The number of aromatic nitrogens is 1. The first-order valence-electron chi connectivity index (χ1n) is 6.46. The predicted octanol–water partition coefficient (Wildman–Crippen LogP) is 3.39. The van der Waals surface area contributed by atoms with E-state index in [0.29, 0.717) is 17.8 Å². The van der Waals surface area contributed by atoms with Gasteiger partial charge in [-0.2, -0.15) is 0 Å². The zero-order valence-corrected chi connectivity index (χ0v) is 11.1. The maximum atomic E-state index is 13.2. The molecule has 0 aliphatic carbocycles. The summed E-state index contributed by atoms with van der Waals surface area (Å²) in [5.41, 5.74) is 4.87. The summed E-state index contributed by atoms with van der Waals surface area (Å²) in [5.74, 6) is 5.36. The van der Waals surface area contributed by atoms with Crippen LogP contribution in [0.3, 0.4) is 0 Å². The van der Waals surface area contributed by atoms with E-state index < -0.39 is 0 Å². The molecule has 0 aliphatic rings. The molecule has 0 amide bonds. The van der Waals surface area contributed by atoms with Crippen molar-refractivity contribution in [1.82, 2.24) is 4.98 Å². The second kappa shape index (κ2) is 5.46. The van der Waals surface area contributed by atoms with E-state index in [4.69, 9.17) is 5.84 Å². The monoisotopic (exact) mass is 285 g/mol. The predicted molar refractivity (Wildman–Crippen MR) is 78.7 cm³/mol. The van der Waals surface area contributed by atoms with Crippen LogP contribution in [0.5, 0.6) is 0 Å². The molecule has 0 radical (unpaired) electrons.